The van der Waals surface area contributed by atoms with Crippen LogP contribution in [0.25, 0.3) is 5.69 Å². The molecule has 0 aliphatic heterocycles. The minimum atomic E-state index is -0.699. The van der Waals surface area contributed by atoms with Gasteiger partial charge in [0.2, 0.25) is 5.91 Å². The van der Waals surface area contributed by atoms with Gasteiger partial charge in [0.1, 0.15) is 5.69 Å². The molecule has 0 bridgehead atoms. The smallest absolute Gasteiger partial charge is 0.269 e. The van der Waals surface area contributed by atoms with Crippen LogP contribution in [0.1, 0.15) is 24.3 Å². The molecular formula is C16H20N4O2S. The number of benzene rings is 1. The van der Waals surface area contributed by atoms with E-state index in [2.05, 4.69) is 15.6 Å². The standard InChI is InChI=1S/C16H20N4O2S/c1-16(2,14(22)17-3)10-19-13(21)12-9-18-15(23)20(12)11-7-5-4-6-8-11/h4-9H,10H2,1-3H3,(H,17,22)(H,18,23)(H,19,21). The first-order valence-electron chi connectivity index (χ1n) is 7.23. The molecule has 0 radical (unpaired) electrons. The van der Waals surface area contributed by atoms with E-state index in [0.29, 0.717) is 10.5 Å². The van der Waals surface area contributed by atoms with Crippen molar-refractivity contribution >= 4 is 24.0 Å². The lowest BCUT2D eigenvalue weighted by atomic mass is 9.92. The van der Waals surface area contributed by atoms with Crippen LogP contribution in [0.4, 0.5) is 0 Å². The highest BCUT2D eigenvalue weighted by Crippen LogP contribution is 2.15. The van der Waals surface area contributed by atoms with Crippen LogP contribution in [0.5, 0.6) is 0 Å². The molecule has 23 heavy (non-hydrogen) atoms. The predicted octanol–water partition coefficient (Wildman–Crippen LogP) is 2.04. The Bertz CT molecular complexity index is 762. The molecule has 0 fully saturated rings. The van der Waals surface area contributed by atoms with Crippen molar-refractivity contribution in [1.82, 2.24) is 20.2 Å². The second-order valence-corrected chi connectivity index (χ2v) is 6.18. The number of nitrogens with zero attached hydrogens (tertiary/aromatic N) is 1. The number of nitrogens with one attached hydrogen (secondary N) is 3. The summed E-state index contributed by atoms with van der Waals surface area (Å²) >= 11 is 5.26. The van der Waals surface area contributed by atoms with E-state index in [9.17, 15) is 9.59 Å². The van der Waals surface area contributed by atoms with Gasteiger partial charge in [0.05, 0.1) is 5.41 Å². The topological polar surface area (TPSA) is 78.9 Å². The van der Waals surface area contributed by atoms with E-state index in [1.807, 2.05) is 30.3 Å². The first kappa shape index (κ1) is 17.0. The fourth-order valence-corrected chi connectivity index (χ4v) is 2.44. The minimum Gasteiger partial charge on any atom is -0.359 e. The molecule has 2 aromatic rings. The second kappa shape index (κ2) is 6.78. The zero-order chi connectivity index (χ0) is 17.0. The monoisotopic (exact) mass is 332 g/mol. The summed E-state index contributed by atoms with van der Waals surface area (Å²) in [5.74, 6) is -0.426. The van der Waals surface area contributed by atoms with Gasteiger partial charge >= 0.3 is 0 Å². The van der Waals surface area contributed by atoms with Crippen molar-refractivity contribution in [2.45, 2.75) is 13.8 Å². The fourth-order valence-electron chi connectivity index (χ4n) is 2.18. The molecule has 1 aromatic carbocycles. The van der Waals surface area contributed by atoms with Gasteiger partial charge in [-0.25, -0.2) is 0 Å². The Morgan fingerprint density at radius 1 is 1.26 bits per heavy atom. The predicted molar refractivity (Wildman–Crippen MR) is 91.1 cm³/mol. The van der Waals surface area contributed by atoms with Gasteiger partial charge in [-0.3, -0.25) is 14.2 Å². The summed E-state index contributed by atoms with van der Waals surface area (Å²) in [6.07, 6.45) is 1.57. The van der Waals surface area contributed by atoms with Crippen molar-refractivity contribution in [1.29, 1.82) is 0 Å². The van der Waals surface area contributed by atoms with Crippen LogP contribution >= 0.6 is 12.2 Å². The van der Waals surface area contributed by atoms with Gasteiger partial charge in [-0.15, -0.1) is 0 Å². The Balaban J connectivity index is 2.22. The van der Waals surface area contributed by atoms with Crippen molar-refractivity contribution in [3.05, 3.63) is 47.0 Å². The summed E-state index contributed by atoms with van der Waals surface area (Å²) in [4.78, 5) is 27.1. The molecule has 0 unspecified atom stereocenters. The van der Waals surface area contributed by atoms with Crippen molar-refractivity contribution in [3.63, 3.8) is 0 Å². The van der Waals surface area contributed by atoms with Gasteiger partial charge in [-0.1, -0.05) is 18.2 Å². The average Bonchev–Trinajstić information content (AvgIpc) is 2.94. The summed E-state index contributed by atoms with van der Waals surface area (Å²) < 4.78 is 2.10. The number of H-pyrrole nitrogens is 1. The molecule has 0 saturated carbocycles. The van der Waals surface area contributed by atoms with Crippen LogP contribution in [0.15, 0.2) is 36.5 Å². The van der Waals surface area contributed by atoms with Crippen molar-refractivity contribution in [2.75, 3.05) is 13.6 Å². The Hall–Kier alpha value is -2.41. The molecule has 1 heterocycles. The van der Waals surface area contributed by atoms with Crippen LogP contribution in [-0.4, -0.2) is 35.0 Å². The van der Waals surface area contributed by atoms with Gasteiger partial charge in [0.15, 0.2) is 4.77 Å². The summed E-state index contributed by atoms with van der Waals surface area (Å²) in [5, 5.41) is 5.38. The molecule has 0 atom stereocenters. The minimum absolute atomic E-state index is 0.133. The van der Waals surface area contributed by atoms with Crippen LogP contribution in [0, 0.1) is 10.2 Å². The highest BCUT2D eigenvalue weighted by Gasteiger charge is 2.27. The fraction of sp³-hybridized carbons (Fsp3) is 0.312. The summed E-state index contributed by atoms with van der Waals surface area (Å²) in [5.41, 5.74) is 0.498. The Labute approximate surface area is 139 Å². The molecule has 3 N–H and O–H groups in total. The number of aromatic nitrogens is 2. The molecule has 7 heteroatoms. The third kappa shape index (κ3) is 3.68. The van der Waals surface area contributed by atoms with Crippen molar-refractivity contribution in [3.8, 4) is 5.69 Å². The number of rotatable bonds is 5. The van der Waals surface area contributed by atoms with Crippen LogP contribution < -0.4 is 10.6 Å². The molecule has 0 aliphatic rings. The van der Waals surface area contributed by atoms with E-state index in [1.165, 1.54) is 0 Å². The van der Waals surface area contributed by atoms with Crippen LogP contribution in [0.3, 0.4) is 0 Å². The van der Waals surface area contributed by atoms with Gasteiger partial charge in [0, 0.05) is 25.5 Å². The molecule has 122 valence electrons. The molecule has 2 rings (SSSR count). The number of carbonyl (C=O) groups is 2. The maximum Gasteiger partial charge on any atom is 0.269 e. The quantitative estimate of drug-likeness (QED) is 0.733. The maximum atomic E-state index is 12.5. The van der Waals surface area contributed by atoms with Crippen molar-refractivity contribution in [2.24, 2.45) is 5.41 Å². The zero-order valence-corrected chi connectivity index (χ0v) is 14.2. The van der Waals surface area contributed by atoms with Gasteiger partial charge in [0.25, 0.3) is 5.91 Å². The van der Waals surface area contributed by atoms with Gasteiger partial charge in [-0.05, 0) is 38.2 Å². The third-order valence-corrected chi connectivity index (χ3v) is 3.86. The number of carbonyl (C=O) groups excluding carboxylic acids is 2. The number of aromatic amines is 1. The van der Waals surface area contributed by atoms with E-state index in [0.717, 1.165) is 5.69 Å². The van der Waals surface area contributed by atoms with Gasteiger partial charge < -0.3 is 15.6 Å². The molecule has 2 amide bonds. The van der Waals surface area contributed by atoms with E-state index < -0.39 is 5.41 Å². The third-order valence-electron chi connectivity index (χ3n) is 3.56. The number of imidazole rings is 1. The normalized spacial score (nSPS) is 11.1. The largest absolute Gasteiger partial charge is 0.359 e. The molecule has 0 spiro atoms. The second-order valence-electron chi connectivity index (χ2n) is 5.80. The zero-order valence-electron chi connectivity index (χ0n) is 13.3. The lowest BCUT2D eigenvalue weighted by Gasteiger charge is -2.22. The molecule has 6 nitrogen and oxygen atoms in total. The SMILES string of the molecule is CNC(=O)C(C)(C)CNC(=O)c1c[nH]c(=S)n1-c1ccccc1. The maximum absolute atomic E-state index is 12.5. The average molecular weight is 332 g/mol. The molecule has 1 aromatic heterocycles. The number of amides is 2. The van der Waals surface area contributed by atoms with E-state index in [-0.39, 0.29) is 18.4 Å². The first-order chi connectivity index (χ1) is 10.9. The first-order valence-corrected chi connectivity index (χ1v) is 7.64. The summed E-state index contributed by atoms with van der Waals surface area (Å²) in [7, 11) is 1.57. The van der Waals surface area contributed by atoms with Crippen LogP contribution in [0.2, 0.25) is 0 Å². The summed E-state index contributed by atoms with van der Waals surface area (Å²) in [6, 6.07) is 9.39. The number of hydrogen-bond donors (Lipinski definition) is 3. The molecule has 0 saturated heterocycles. The lowest BCUT2D eigenvalue weighted by molar-refractivity contribution is -0.128. The Kier molecular flexibility index (Phi) is 5.00. The van der Waals surface area contributed by atoms with Crippen molar-refractivity contribution < 1.29 is 9.59 Å². The van der Waals surface area contributed by atoms with E-state index in [1.54, 1.807) is 31.7 Å². The van der Waals surface area contributed by atoms with Gasteiger partial charge in [-0.2, -0.15) is 0 Å². The summed E-state index contributed by atoms with van der Waals surface area (Å²) in [6.45, 7) is 3.76. The molecule has 0 aliphatic carbocycles. The number of para-hydroxylation sites is 1. The van der Waals surface area contributed by atoms with E-state index >= 15 is 0 Å². The molecular weight excluding hydrogens is 312 g/mol. The number of hydrogen-bond acceptors (Lipinski definition) is 3. The lowest BCUT2D eigenvalue weighted by Crippen LogP contribution is -2.44. The Morgan fingerprint density at radius 2 is 1.91 bits per heavy atom. The Morgan fingerprint density at radius 3 is 2.52 bits per heavy atom. The highest BCUT2D eigenvalue weighted by atomic mass is 32.1. The highest BCUT2D eigenvalue weighted by molar-refractivity contribution is 7.71. The van der Waals surface area contributed by atoms with E-state index in [4.69, 9.17) is 12.2 Å². The van der Waals surface area contributed by atoms with Crippen LogP contribution in [-0.2, 0) is 4.79 Å².